The molecule has 8 aromatic carbocycles. The van der Waals surface area contributed by atoms with Crippen LogP contribution in [-0.4, -0.2) is 4.57 Å². The lowest BCUT2D eigenvalue weighted by molar-refractivity contribution is 1.17. The van der Waals surface area contributed by atoms with Gasteiger partial charge in [0.05, 0.1) is 11.0 Å². The zero-order valence-electron chi connectivity index (χ0n) is 26.6. The van der Waals surface area contributed by atoms with Gasteiger partial charge in [0.1, 0.15) is 0 Å². The number of rotatable bonds is 5. The monoisotopic (exact) mass is 642 g/mol. The summed E-state index contributed by atoms with van der Waals surface area (Å²) < 4.78 is 5.05. The van der Waals surface area contributed by atoms with Crippen molar-refractivity contribution in [3.63, 3.8) is 0 Å². The molecule has 10 aromatic rings. The molecular formula is C46H30N2S. The summed E-state index contributed by atoms with van der Waals surface area (Å²) in [4.78, 5) is 2.37. The van der Waals surface area contributed by atoms with Crippen LogP contribution in [0.3, 0.4) is 0 Å². The third kappa shape index (κ3) is 4.55. The molecule has 2 nitrogen and oxygen atoms in total. The van der Waals surface area contributed by atoms with E-state index < -0.39 is 0 Å². The fourth-order valence-corrected chi connectivity index (χ4v) is 8.71. The van der Waals surface area contributed by atoms with Gasteiger partial charge in [-0.3, -0.25) is 0 Å². The molecule has 10 rings (SSSR count). The number of thiophene rings is 1. The Morgan fingerprint density at radius 3 is 1.65 bits per heavy atom. The van der Waals surface area contributed by atoms with Gasteiger partial charge in [0.25, 0.3) is 0 Å². The molecule has 0 bridgehead atoms. The Morgan fingerprint density at radius 2 is 0.939 bits per heavy atom. The van der Waals surface area contributed by atoms with Crippen molar-refractivity contribution in [1.82, 2.24) is 4.57 Å². The molecule has 2 heterocycles. The fourth-order valence-electron chi connectivity index (χ4n) is 7.47. The van der Waals surface area contributed by atoms with E-state index in [4.69, 9.17) is 0 Å². The lowest BCUT2D eigenvalue weighted by Gasteiger charge is -2.26. The standard InChI is InChI=1S/C46H30N2S/c1-2-10-31(11-3-1)32-18-21-34(22-19-32)47(37-27-29-38-33(30-37)20-28-42-41-14-6-9-17-45(41)49-46(38)42)35-23-25-36(26-24-35)48-43-15-7-4-12-39(43)40-13-5-8-16-44(40)48/h1-30H. The summed E-state index contributed by atoms with van der Waals surface area (Å²) >= 11 is 1.88. The smallest absolute Gasteiger partial charge is 0.0541 e. The molecule has 3 heteroatoms. The fraction of sp³-hybridized carbons (Fsp3) is 0. The maximum Gasteiger partial charge on any atom is 0.0541 e. The molecule has 0 saturated carbocycles. The molecule has 0 unspecified atom stereocenters. The molecule has 0 fully saturated rings. The summed E-state index contributed by atoms with van der Waals surface area (Å²) in [6, 6.07) is 66.1. The topological polar surface area (TPSA) is 8.17 Å². The zero-order chi connectivity index (χ0) is 32.3. The lowest BCUT2D eigenvalue weighted by atomic mass is 10.0. The van der Waals surface area contributed by atoms with Crippen LogP contribution in [0, 0.1) is 0 Å². The minimum atomic E-state index is 1.11. The van der Waals surface area contributed by atoms with Crippen LogP contribution in [0.4, 0.5) is 17.1 Å². The van der Waals surface area contributed by atoms with Crippen molar-refractivity contribution in [3.8, 4) is 16.8 Å². The Morgan fingerprint density at radius 1 is 0.388 bits per heavy atom. The molecule has 49 heavy (non-hydrogen) atoms. The van der Waals surface area contributed by atoms with Crippen molar-refractivity contribution >= 4 is 81.1 Å². The average molecular weight is 643 g/mol. The van der Waals surface area contributed by atoms with Gasteiger partial charge in [-0.25, -0.2) is 0 Å². The number of para-hydroxylation sites is 2. The van der Waals surface area contributed by atoms with E-state index in [1.807, 2.05) is 11.3 Å². The summed E-state index contributed by atoms with van der Waals surface area (Å²) in [7, 11) is 0. The van der Waals surface area contributed by atoms with Gasteiger partial charge in [0.15, 0.2) is 0 Å². The maximum atomic E-state index is 2.37. The van der Waals surface area contributed by atoms with Crippen molar-refractivity contribution in [3.05, 3.63) is 182 Å². The van der Waals surface area contributed by atoms with Gasteiger partial charge in [-0.2, -0.15) is 0 Å². The van der Waals surface area contributed by atoms with Crippen LogP contribution in [0.25, 0.3) is 69.6 Å². The first-order valence-corrected chi connectivity index (χ1v) is 17.5. The first-order chi connectivity index (χ1) is 24.3. The van der Waals surface area contributed by atoms with Gasteiger partial charge in [-0.1, -0.05) is 115 Å². The van der Waals surface area contributed by atoms with E-state index in [1.165, 1.54) is 63.9 Å². The molecule has 0 aliphatic rings. The number of aromatic nitrogens is 1. The second kappa shape index (κ2) is 11.2. The van der Waals surface area contributed by atoms with Crippen LogP contribution in [0.1, 0.15) is 0 Å². The number of anilines is 3. The summed E-state index contributed by atoms with van der Waals surface area (Å²) in [6.07, 6.45) is 0. The maximum absolute atomic E-state index is 2.37. The minimum Gasteiger partial charge on any atom is -0.310 e. The van der Waals surface area contributed by atoms with Crippen LogP contribution in [0.15, 0.2) is 182 Å². The highest BCUT2D eigenvalue weighted by Crippen LogP contribution is 2.42. The first kappa shape index (κ1) is 27.9. The Balaban J connectivity index is 1.12. The van der Waals surface area contributed by atoms with Gasteiger partial charge in [-0.15, -0.1) is 11.3 Å². The average Bonchev–Trinajstić information content (AvgIpc) is 3.72. The van der Waals surface area contributed by atoms with E-state index in [2.05, 4.69) is 191 Å². The highest BCUT2D eigenvalue weighted by molar-refractivity contribution is 7.26. The van der Waals surface area contributed by atoms with Gasteiger partial charge in [-0.05, 0) is 88.6 Å². The summed E-state index contributed by atoms with van der Waals surface area (Å²) in [5.74, 6) is 0. The third-order valence-electron chi connectivity index (χ3n) is 9.78. The Kier molecular flexibility index (Phi) is 6.39. The molecule has 230 valence electrons. The highest BCUT2D eigenvalue weighted by atomic mass is 32.1. The second-order valence-electron chi connectivity index (χ2n) is 12.6. The molecule has 0 radical (unpaired) electrons. The van der Waals surface area contributed by atoms with Crippen molar-refractivity contribution < 1.29 is 0 Å². The van der Waals surface area contributed by atoms with E-state index in [1.54, 1.807) is 0 Å². The van der Waals surface area contributed by atoms with Crippen LogP contribution in [0.5, 0.6) is 0 Å². The molecular weight excluding hydrogens is 613 g/mol. The Hall–Kier alpha value is -6.16. The largest absolute Gasteiger partial charge is 0.310 e. The third-order valence-corrected chi connectivity index (χ3v) is 11.0. The van der Waals surface area contributed by atoms with E-state index in [9.17, 15) is 0 Å². The van der Waals surface area contributed by atoms with Gasteiger partial charge in [0.2, 0.25) is 0 Å². The summed E-state index contributed by atoms with van der Waals surface area (Å²) in [5, 5.41) is 7.73. The molecule has 0 aliphatic heterocycles. The van der Waals surface area contributed by atoms with Crippen LogP contribution < -0.4 is 4.90 Å². The Bertz CT molecular complexity index is 2750. The SMILES string of the molecule is c1ccc(-c2ccc(N(c3ccc(-n4c5ccccc5c5ccccc54)cc3)c3ccc4c(ccc5c6ccccc6sc45)c3)cc2)cc1. The van der Waals surface area contributed by atoms with Crippen molar-refractivity contribution in [2.24, 2.45) is 0 Å². The first-order valence-electron chi connectivity index (χ1n) is 16.7. The van der Waals surface area contributed by atoms with Crippen LogP contribution >= 0.6 is 11.3 Å². The minimum absolute atomic E-state index is 1.11. The molecule has 0 saturated heterocycles. The van der Waals surface area contributed by atoms with Crippen molar-refractivity contribution in [1.29, 1.82) is 0 Å². The number of benzene rings is 8. The molecule has 0 spiro atoms. The van der Waals surface area contributed by atoms with E-state index >= 15 is 0 Å². The predicted octanol–water partition coefficient (Wildman–Crippen LogP) is 13.4. The number of hydrogen-bond donors (Lipinski definition) is 0. The highest BCUT2D eigenvalue weighted by Gasteiger charge is 2.17. The van der Waals surface area contributed by atoms with Gasteiger partial charge in [0, 0.05) is 53.7 Å². The molecule has 0 N–H and O–H groups in total. The summed E-state index contributed by atoms with van der Waals surface area (Å²) in [6.45, 7) is 0. The lowest BCUT2D eigenvalue weighted by Crippen LogP contribution is -2.10. The molecule has 0 aliphatic carbocycles. The predicted molar refractivity (Wildman–Crippen MR) is 211 cm³/mol. The molecule has 0 amide bonds. The van der Waals surface area contributed by atoms with E-state index in [0.717, 1.165) is 22.7 Å². The Labute approximate surface area is 288 Å². The zero-order valence-corrected chi connectivity index (χ0v) is 27.4. The number of hydrogen-bond acceptors (Lipinski definition) is 2. The quantitative estimate of drug-likeness (QED) is 0.181. The van der Waals surface area contributed by atoms with Crippen LogP contribution in [0.2, 0.25) is 0 Å². The summed E-state index contributed by atoms with van der Waals surface area (Å²) in [5.41, 5.74) is 9.35. The van der Waals surface area contributed by atoms with Crippen LogP contribution in [-0.2, 0) is 0 Å². The molecule has 0 atom stereocenters. The molecule has 2 aromatic heterocycles. The van der Waals surface area contributed by atoms with E-state index in [0.29, 0.717) is 0 Å². The number of nitrogens with zero attached hydrogens (tertiary/aromatic N) is 2. The van der Waals surface area contributed by atoms with Crippen molar-refractivity contribution in [2.45, 2.75) is 0 Å². The van der Waals surface area contributed by atoms with Gasteiger partial charge >= 0.3 is 0 Å². The number of fused-ring (bicyclic) bond motifs is 8. The van der Waals surface area contributed by atoms with Crippen molar-refractivity contribution in [2.75, 3.05) is 4.90 Å². The normalized spacial score (nSPS) is 11.7. The van der Waals surface area contributed by atoms with Gasteiger partial charge < -0.3 is 9.47 Å². The second-order valence-corrected chi connectivity index (χ2v) is 13.6. The van der Waals surface area contributed by atoms with E-state index in [-0.39, 0.29) is 0 Å².